The van der Waals surface area contributed by atoms with Gasteiger partial charge in [0.2, 0.25) is 0 Å². The van der Waals surface area contributed by atoms with Crippen LogP contribution < -0.4 is 0 Å². The van der Waals surface area contributed by atoms with Crippen LogP contribution in [-0.4, -0.2) is 40.4 Å². The average molecular weight is 218 g/mol. The summed E-state index contributed by atoms with van der Waals surface area (Å²) < 4.78 is 11.1. The number of hydrogen-bond donors (Lipinski definition) is 2. The summed E-state index contributed by atoms with van der Waals surface area (Å²) in [5, 5.41) is 19.4. The second kappa shape index (κ2) is 4.78. The van der Waals surface area contributed by atoms with Crippen LogP contribution in [0, 0.1) is 0 Å². The Morgan fingerprint density at radius 3 is 2.40 bits per heavy atom. The SMILES string of the molecule is CCC1C[C@H](O)[C@H](O)C(OC(C)(C)C)O1. The van der Waals surface area contributed by atoms with Crippen molar-refractivity contribution in [2.24, 2.45) is 0 Å². The minimum atomic E-state index is -0.952. The van der Waals surface area contributed by atoms with Gasteiger partial charge in [-0.1, -0.05) is 6.92 Å². The van der Waals surface area contributed by atoms with E-state index < -0.39 is 18.5 Å². The van der Waals surface area contributed by atoms with Crippen molar-refractivity contribution in [3.63, 3.8) is 0 Å². The van der Waals surface area contributed by atoms with Gasteiger partial charge in [-0.15, -0.1) is 0 Å². The van der Waals surface area contributed by atoms with Gasteiger partial charge >= 0.3 is 0 Å². The van der Waals surface area contributed by atoms with Crippen molar-refractivity contribution in [2.45, 2.75) is 70.7 Å². The maximum absolute atomic E-state index is 9.71. The minimum absolute atomic E-state index is 0.0317. The maximum Gasteiger partial charge on any atom is 0.186 e. The van der Waals surface area contributed by atoms with Crippen LogP contribution in [0.2, 0.25) is 0 Å². The maximum atomic E-state index is 9.71. The summed E-state index contributed by atoms with van der Waals surface area (Å²) in [7, 11) is 0. The van der Waals surface area contributed by atoms with E-state index in [9.17, 15) is 10.2 Å². The second-order valence-electron chi connectivity index (χ2n) is 5.06. The Hall–Kier alpha value is -0.160. The predicted octanol–water partition coefficient (Wildman–Crippen LogP) is 1.05. The summed E-state index contributed by atoms with van der Waals surface area (Å²) in [4.78, 5) is 0. The molecule has 0 radical (unpaired) electrons. The molecule has 2 unspecified atom stereocenters. The van der Waals surface area contributed by atoms with E-state index in [1.54, 1.807) is 0 Å². The van der Waals surface area contributed by atoms with E-state index in [0.717, 1.165) is 6.42 Å². The quantitative estimate of drug-likeness (QED) is 0.727. The van der Waals surface area contributed by atoms with Gasteiger partial charge < -0.3 is 19.7 Å². The highest BCUT2D eigenvalue weighted by Gasteiger charge is 2.38. The van der Waals surface area contributed by atoms with E-state index in [0.29, 0.717) is 6.42 Å². The van der Waals surface area contributed by atoms with Crippen LogP contribution >= 0.6 is 0 Å². The minimum Gasteiger partial charge on any atom is -0.390 e. The molecule has 0 amide bonds. The Balaban J connectivity index is 2.60. The van der Waals surface area contributed by atoms with Gasteiger partial charge in [0.1, 0.15) is 6.10 Å². The van der Waals surface area contributed by atoms with Crippen molar-refractivity contribution in [3.8, 4) is 0 Å². The molecule has 1 heterocycles. The molecule has 0 aliphatic carbocycles. The molecule has 1 aliphatic rings. The Morgan fingerprint density at radius 1 is 1.33 bits per heavy atom. The molecular weight excluding hydrogens is 196 g/mol. The Morgan fingerprint density at radius 2 is 1.93 bits per heavy atom. The molecule has 1 saturated heterocycles. The summed E-state index contributed by atoms with van der Waals surface area (Å²) in [5.41, 5.74) is -0.388. The van der Waals surface area contributed by atoms with Crippen molar-refractivity contribution in [2.75, 3.05) is 0 Å². The molecule has 0 bridgehead atoms. The first kappa shape index (κ1) is 12.9. The third-order valence-corrected chi connectivity index (χ3v) is 2.43. The standard InChI is InChI=1S/C11H22O4/c1-5-7-6-8(12)9(13)10(14-7)15-11(2,3)4/h7-10,12-13H,5-6H2,1-4H3/t7?,8-,9-,10?/m0/s1. The highest BCUT2D eigenvalue weighted by molar-refractivity contribution is 4.82. The van der Waals surface area contributed by atoms with E-state index in [-0.39, 0.29) is 11.7 Å². The van der Waals surface area contributed by atoms with Crippen LogP contribution in [0.15, 0.2) is 0 Å². The van der Waals surface area contributed by atoms with Crippen molar-refractivity contribution in [1.29, 1.82) is 0 Å². The fourth-order valence-corrected chi connectivity index (χ4v) is 1.62. The van der Waals surface area contributed by atoms with Crippen LogP contribution in [0.5, 0.6) is 0 Å². The van der Waals surface area contributed by atoms with E-state index in [1.807, 2.05) is 27.7 Å². The molecule has 4 atom stereocenters. The zero-order chi connectivity index (χ0) is 11.6. The van der Waals surface area contributed by atoms with Crippen LogP contribution in [0.3, 0.4) is 0 Å². The zero-order valence-corrected chi connectivity index (χ0v) is 9.93. The van der Waals surface area contributed by atoms with E-state index in [1.165, 1.54) is 0 Å². The molecule has 4 nitrogen and oxygen atoms in total. The number of hydrogen-bond acceptors (Lipinski definition) is 4. The lowest BCUT2D eigenvalue weighted by molar-refractivity contribution is -0.293. The summed E-state index contributed by atoms with van der Waals surface area (Å²) in [6.07, 6.45) is -1.17. The Kier molecular flexibility index (Phi) is 4.12. The van der Waals surface area contributed by atoms with E-state index in [2.05, 4.69) is 0 Å². The summed E-state index contributed by atoms with van der Waals surface area (Å²) in [6, 6.07) is 0. The molecule has 2 N–H and O–H groups in total. The molecule has 0 aromatic heterocycles. The van der Waals surface area contributed by atoms with Crippen molar-refractivity contribution >= 4 is 0 Å². The van der Waals surface area contributed by atoms with Gasteiger partial charge in [0.25, 0.3) is 0 Å². The first-order chi connectivity index (χ1) is 6.83. The van der Waals surface area contributed by atoms with E-state index in [4.69, 9.17) is 9.47 Å². The van der Waals surface area contributed by atoms with Crippen molar-refractivity contribution in [1.82, 2.24) is 0 Å². The lowest BCUT2D eigenvalue weighted by Gasteiger charge is -2.39. The lowest BCUT2D eigenvalue weighted by atomic mass is 10.0. The Labute approximate surface area is 91.2 Å². The highest BCUT2D eigenvalue weighted by Crippen LogP contribution is 2.26. The van der Waals surface area contributed by atoms with Gasteiger partial charge in [-0.05, 0) is 27.2 Å². The normalized spacial score (nSPS) is 38.0. The number of rotatable bonds is 2. The molecule has 0 saturated carbocycles. The third kappa shape index (κ3) is 3.72. The molecule has 0 spiro atoms. The topological polar surface area (TPSA) is 58.9 Å². The van der Waals surface area contributed by atoms with Gasteiger partial charge in [-0.3, -0.25) is 0 Å². The second-order valence-corrected chi connectivity index (χ2v) is 5.06. The molecular formula is C11H22O4. The number of aliphatic hydroxyl groups is 2. The third-order valence-electron chi connectivity index (χ3n) is 2.43. The van der Waals surface area contributed by atoms with Gasteiger partial charge in [0.05, 0.1) is 17.8 Å². The number of ether oxygens (including phenoxy) is 2. The van der Waals surface area contributed by atoms with Crippen molar-refractivity contribution in [3.05, 3.63) is 0 Å². The summed E-state index contributed by atoms with van der Waals surface area (Å²) in [5.74, 6) is 0. The van der Waals surface area contributed by atoms with Crippen LogP contribution in [-0.2, 0) is 9.47 Å². The van der Waals surface area contributed by atoms with Gasteiger partial charge in [-0.25, -0.2) is 0 Å². The summed E-state index contributed by atoms with van der Waals surface area (Å²) in [6.45, 7) is 7.67. The smallest absolute Gasteiger partial charge is 0.186 e. The molecule has 0 aromatic carbocycles. The molecule has 90 valence electrons. The van der Waals surface area contributed by atoms with E-state index >= 15 is 0 Å². The fraction of sp³-hybridized carbons (Fsp3) is 1.00. The predicted molar refractivity (Wildman–Crippen MR) is 56.4 cm³/mol. The molecule has 1 aliphatic heterocycles. The molecule has 4 heteroatoms. The Bertz CT molecular complexity index is 199. The largest absolute Gasteiger partial charge is 0.390 e. The van der Waals surface area contributed by atoms with Crippen molar-refractivity contribution < 1.29 is 19.7 Å². The highest BCUT2D eigenvalue weighted by atomic mass is 16.7. The van der Waals surface area contributed by atoms with Crippen LogP contribution in [0.25, 0.3) is 0 Å². The fourth-order valence-electron chi connectivity index (χ4n) is 1.62. The van der Waals surface area contributed by atoms with Crippen LogP contribution in [0.4, 0.5) is 0 Å². The lowest BCUT2D eigenvalue weighted by Crippen LogP contribution is -2.51. The number of aliphatic hydroxyl groups excluding tert-OH is 2. The van der Waals surface area contributed by atoms with Gasteiger partial charge in [0.15, 0.2) is 6.29 Å². The van der Waals surface area contributed by atoms with Gasteiger partial charge in [-0.2, -0.15) is 0 Å². The monoisotopic (exact) mass is 218 g/mol. The zero-order valence-electron chi connectivity index (χ0n) is 9.93. The van der Waals surface area contributed by atoms with Crippen LogP contribution in [0.1, 0.15) is 40.5 Å². The molecule has 0 aromatic rings. The average Bonchev–Trinajstić information content (AvgIpc) is 2.10. The molecule has 15 heavy (non-hydrogen) atoms. The molecule has 1 fully saturated rings. The van der Waals surface area contributed by atoms with Gasteiger partial charge in [0, 0.05) is 6.42 Å². The summed E-state index contributed by atoms with van der Waals surface area (Å²) >= 11 is 0. The first-order valence-electron chi connectivity index (χ1n) is 5.53. The molecule has 1 rings (SSSR count). The first-order valence-corrected chi connectivity index (χ1v) is 5.53.